The molecule has 6 heteroatoms. The standard InChI is InChI=1S/C25H29FN2O3/c1-17(2)16-20-4-3-5-21(22(20)26)18-6-8-19(9-7-18)23(29)27-12-14-28(15-13-27)24(30)25(31)10-11-25/h3-9,17,31H,10-16H2,1-2H3. The zero-order valence-corrected chi connectivity index (χ0v) is 18.1. The molecule has 0 bridgehead atoms. The van der Waals surface area contributed by atoms with Gasteiger partial charge < -0.3 is 14.9 Å². The van der Waals surface area contributed by atoms with Crippen molar-refractivity contribution >= 4 is 11.8 Å². The average molecular weight is 425 g/mol. The van der Waals surface area contributed by atoms with Gasteiger partial charge in [0.25, 0.3) is 11.8 Å². The third-order valence-corrected chi connectivity index (χ3v) is 6.13. The van der Waals surface area contributed by atoms with Crippen LogP contribution in [0.4, 0.5) is 4.39 Å². The molecule has 31 heavy (non-hydrogen) atoms. The summed E-state index contributed by atoms with van der Waals surface area (Å²) in [5.74, 6) is -0.149. The van der Waals surface area contributed by atoms with Crippen molar-refractivity contribution in [2.45, 2.75) is 38.7 Å². The number of nitrogens with zero attached hydrogens (tertiary/aromatic N) is 2. The molecule has 2 amide bonds. The van der Waals surface area contributed by atoms with Gasteiger partial charge in [-0.2, -0.15) is 0 Å². The predicted octanol–water partition coefficient (Wildman–Crippen LogP) is 3.50. The first kappa shape index (κ1) is 21.5. The van der Waals surface area contributed by atoms with Crippen molar-refractivity contribution < 1.29 is 19.1 Å². The highest BCUT2D eigenvalue weighted by atomic mass is 19.1. The summed E-state index contributed by atoms with van der Waals surface area (Å²) in [6.07, 6.45) is 1.73. The van der Waals surface area contributed by atoms with E-state index in [0.29, 0.717) is 68.0 Å². The fourth-order valence-corrected chi connectivity index (χ4v) is 4.11. The van der Waals surface area contributed by atoms with Gasteiger partial charge in [0.1, 0.15) is 11.4 Å². The van der Waals surface area contributed by atoms with Gasteiger partial charge in [0.15, 0.2) is 0 Å². The number of rotatable bonds is 5. The monoisotopic (exact) mass is 424 g/mol. The topological polar surface area (TPSA) is 60.9 Å². The maximum absolute atomic E-state index is 14.9. The van der Waals surface area contributed by atoms with Crippen molar-refractivity contribution in [3.05, 3.63) is 59.4 Å². The molecule has 0 aromatic heterocycles. The summed E-state index contributed by atoms with van der Waals surface area (Å²) in [6.45, 7) is 5.87. The first-order valence-corrected chi connectivity index (χ1v) is 11.0. The van der Waals surface area contributed by atoms with Crippen molar-refractivity contribution in [1.29, 1.82) is 0 Å². The highest BCUT2D eigenvalue weighted by Crippen LogP contribution is 2.37. The van der Waals surface area contributed by atoms with Crippen LogP contribution in [0, 0.1) is 11.7 Å². The summed E-state index contributed by atoms with van der Waals surface area (Å²) in [5.41, 5.74) is 1.37. The molecule has 1 N–H and O–H groups in total. The van der Waals surface area contributed by atoms with Gasteiger partial charge in [-0.15, -0.1) is 0 Å². The Kier molecular flexibility index (Phi) is 5.84. The molecule has 5 nitrogen and oxygen atoms in total. The van der Waals surface area contributed by atoms with E-state index in [0.717, 1.165) is 5.56 Å². The van der Waals surface area contributed by atoms with E-state index in [1.807, 2.05) is 12.1 Å². The SMILES string of the molecule is CC(C)Cc1cccc(-c2ccc(C(=O)N3CCN(C(=O)C4(O)CC4)CC3)cc2)c1F. The van der Waals surface area contributed by atoms with E-state index in [9.17, 15) is 19.1 Å². The second kappa shape index (κ2) is 8.42. The van der Waals surface area contributed by atoms with Crippen molar-refractivity contribution in [3.8, 4) is 11.1 Å². The van der Waals surface area contributed by atoms with E-state index in [1.54, 1.807) is 40.1 Å². The minimum atomic E-state index is -1.16. The van der Waals surface area contributed by atoms with Crippen molar-refractivity contribution in [2.75, 3.05) is 26.2 Å². The van der Waals surface area contributed by atoms with Crippen LogP contribution in [0.1, 0.15) is 42.6 Å². The summed E-state index contributed by atoms with van der Waals surface area (Å²) in [4.78, 5) is 28.5. The number of hydrogen-bond donors (Lipinski definition) is 1. The molecule has 0 atom stereocenters. The van der Waals surface area contributed by atoms with Crippen molar-refractivity contribution in [3.63, 3.8) is 0 Å². The van der Waals surface area contributed by atoms with E-state index in [1.165, 1.54) is 0 Å². The van der Waals surface area contributed by atoms with E-state index in [4.69, 9.17) is 0 Å². The number of amides is 2. The smallest absolute Gasteiger partial charge is 0.254 e. The van der Waals surface area contributed by atoms with Gasteiger partial charge >= 0.3 is 0 Å². The Morgan fingerprint density at radius 2 is 1.61 bits per heavy atom. The molecule has 0 radical (unpaired) electrons. The number of hydrogen-bond acceptors (Lipinski definition) is 3. The van der Waals surface area contributed by atoms with Gasteiger partial charge in [0.2, 0.25) is 0 Å². The van der Waals surface area contributed by atoms with Gasteiger partial charge in [0, 0.05) is 37.3 Å². The van der Waals surface area contributed by atoms with Crippen LogP contribution in [0.25, 0.3) is 11.1 Å². The molecule has 2 aromatic rings. The Hall–Kier alpha value is -2.73. The molecule has 0 spiro atoms. The van der Waals surface area contributed by atoms with Crippen LogP contribution in [0.5, 0.6) is 0 Å². The number of carbonyl (C=O) groups is 2. The number of benzene rings is 2. The Balaban J connectivity index is 1.42. The predicted molar refractivity (Wildman–Crippen MR) is 117 cm³/mol. The van der Waals surface area contributed by atoms with Gasteiger partial charge in [-0.05, 0) is 48.4 Å². The van der Waals surface area contributed by atoms with E-state index in [2.05, 4.69) is 13.8 Å². The molecule has 1 heterocycles. The van der Waals surface area contributed by atoms with Crippen LogP contribution in [-0.4, -0.2) is 58.5 Å². The maximum atomic E-state index is 14.9. The number of carbonyl (C=O) groups excluding carboxylic acids is 2. The fraction of sp³-hybridized carbons (Fsp3) is 0.440. The molecule has 1 saturated carbocycles. The van der Waals surface area contributed by atoms with Crippen LogP contribution in [0.15, 0.2) is 42.5 Å². The summed E-state index contributed by atoms with van der Waals surface area (Å²) >= 11 is 0. The van der Waals surface area contributed by atoms with Crippen LogP contribution in [0.2, 0.25) is 0 Å². The lowest BCUT2D eigenvalue weighted by atomic mass is 9.96. The first-order valence-electron chi connectivity index (χ1n) is 11.0. The number of aliphatic hydroxyl groups is 1. The lowest BCUT2D eigenvalue weighted by molar-refractivity contribution is -0.143. The average Bonchev–Trinajstić information content (AvgIpc) is 3.53. The van der Waals surface area contributed by atoms with Gasteiger partial charge in [-0.3, -0.25) is 9.59 Å². The molecule has 4 rings (SSSR count). The Morgan fingerprint density at radius 3 is 2.19 bits per heavy atom. The molecule has 1 aliphatic heterocycles. The second-order valence-electron chi connectivity index (χ2n) is 9.07. The summed E-state index contributed by atoms with van der Waals surface area (Å²) < 4.78 is 14.9. The largest absolute Gasteiger partial charge is 0.380 e. The summed E-state index contributed by atoms with van der Waals surface area (Å²) in [7, 11) is 0. The summed E-state index contributed by atoms with van der Waals surface area (Å²) in [6, 6.07) is 12.5. The van der Waals surface area contributed by atoms with Crippen molar-refractivity contribution in [1.82, 2.24) is 9.80 Å². The Labute approximate surface area is 182 Å². The Morgan fingerprint density at radius 1 is 1.00 bits per heavy atom. The third-order valence-electron chi connectivity index (χ3n) is 6.13. The third kappa shape index (κ3) is 4.49. The van der Waals surface area contributed by atoms with Gasteiger partial charge in [-0.1, -0.05) is 44.2 Å². The van der Waals surface area contributed by atoms with Crippen LogP contribution in [0.3, 0.4) is 0 Å². The molecular weight excluding hydrogens is 395 g/mol. The minimum absolute atomic E-state index is 0.0992. The summed E-state index contributed by atoms with van der Waals surface area (Å²) in [5, 5.41) is 10.0. The fourth-order valence-electron chi connectivity index (χ4n) is 4.11. The van der Waals surface area contributed by atoms with Crippen LogP contribution < -0.4 is 0 Å². The Bertz CT molecular complexity index is 975. The molecular formula is C25H29FN2O3. The van der Waals surface area contributed by atoms with Gasteiger partial charge in [0.05, 0.1) is 0 Å². The molecule has 2 aromatic carbocycles. The highest BCUT2D eigenvalue weighted by molar-refractivity contribution is 5.95. The van der Waals surface area contributed by atoms with E-state index in [-0.39, 0.29) is 17.6 Å². The lowest BCUT2D eigenvalue weighted by Crippen LogP contribution is -2.53. The highest BCUT2D eigenvalue weighted by Gasteiger charge is 2.50. The zero-order chi connectivity index (χ0) is 22.2. The van der Waals surface area contributed by atoms with E-state index >= 15 is 0 Å². The number of halogens is 1. The first-order chi connectivity index (χ1) is 14.8. The number of piperazine rings is 1. The van der Waals surface area contributed by atoms with E-state index < -0.39 is 5.60 Å². The lowest BCUT2D eigenvalue weighted by Gasteiger charge is -2.35. The van der Waals surface area contributed by atoms with Crippen LogP contribution in [-0.2, 0) is 11.2 Å². The molecule has 2 fully saturated rings. The molecule has 164 valence electrons. The molecule has 1 saturated heterocycles. The molecule has 2 aliphatic rings. The molecule has 0 unspecified atom stereocenters. The molecule has 1 aliphatic carbocycles. The van der Waals surface area contributed by atoms with Crippen molar-refractivity contribution in [2.24, 2.45) is 5.92 Å². The maximum Gasteiger partial charge on any atom is 0.254 e. The van der Waals surface area contributed by atoms with Gasteiger partial charge in [-0.25, -0.2) is 4.39 Å². The minimum Gasteiger partial charge on any atom is -0.380 e. The second-order valence-corrected chi connectivity index (χ2v) is 9.07. The van der Waals surface area contributed by atoms with Crippen LogP contribution >= 0.6 is 0 Å². The zero-order valence-electron chi connectivity index (χ0n) is 18.1. The quantitative estimate of drug-likeness (QED) is 0.799. The normalized spacial score (nSPS) is 17.7.